The van der Waals surface area contributed by atoms with E-state index in [0.29, 0.717) is 16.9 Å². The second kappa shape index (κ2) is 9.73. The highest BCUT2D eigenvalue weighted by atomic mass is 16.5. The largest absolute Gasteiger partial charge is 0.462 e. The number of carbonyl (C=O) groups excluding carboxylic acids is 3. The molecule has 0 fully saturated rings. The summed E-state index contributed by atoms with van der Waals surface area (Å²) in [6.45, 7) is 7.12. The number of carbonyl (C=O) groups is 3. The van der Waals surface area contributed by atoms with E-state index in [-0.39, 0.29) is 19.8 Å². The minimum atomic E-state index is -0.561. The predicted molar refractivity (Wildman–Crippen MR) is 105 cm³/mol. The monoisotopic (exact) mass is 386 g/mol. The standard InChI is InChI=1S/C21H26N2O5/c1-5-16-7-9-17(10-8-16)22-19(24)13-28-20(25)12-23-14(3)11-18(15(23)4)21(26)27-6-2/h7-11H,5-6,12-13H2,1-4H3,(H,22,24). The molecule has 0 bridgehead atoms. The van der Waals surface area contributed by atoms with Crippen LogP contribution in [0.3, 0.4) is 0 Å². The Morgan fingerprint density at radius 2 is 1.71 bits per heavy atom. The molecule has 0 aliphatic rings. The highest BCUT2D eigenvalue weighted by molar-refractivity contribution is 5.93. The van der Waals surface area contributed by atoms with E-state index in [1.165, 1.54) is 5.56 Å². The number of ether oxygens (including phenoxy) is 2. The first-order valence-corrected chi connectivity index (χ1v) is 9.24. The van der Waals surface area contributed by atoms with Crippen molar-refractivity contribution in [2.24, 2.45) is 0 Å². The van der Waals surface area contributed by atoms with Crippen molar-refractivity contribution in [2.45, 2.75) is 40.7 Å². The summed E-state index contributed by atoms with van der Waals surface area (Å²) in [4.78, 5) is 36.0. The SMILES string of the molecule is CCOC(=O)c1cc(C)n(CC(=O)OCC(=O)Nc2ccc(CC)cc2)c1C. The van der Waals surface area contributed by atoms with Crippen molar-refractivity contribution in [3.8, 4) is 0 Å². The van der Waals surface area contributed by atoms with Gasteiger partial charge in [0.25, 0.3) is 5.91 Å². The fourth-order valence-electron chi connectivity index (χ4n) is 2.80. The highest BCUT2D eigenvalue weighted by Gasteiger charge is 2.19. The summed E-state index contributed by atoms with van der Waals surface area (Å²) in [5.41, 5.74) is 3.59. The minimum absolute atomic E-state index is 0.0877. The normalized spacial score (nSPS) is 10.4. The number of rotatable bonds is 8. The van der Waals surface area contributed by atoms with Gasteiger partial charge in [0.05, 0.1) is 12.2 Å². The summed E-state index contributed by atoms with van der Waals surface area (Å²) in [6.07, 6.45) is 0.919. The molecule has 2 rings (SSSR count). The van der Waals surface area contributed by atoms with Gasteiger partial charge in [0.2, 0.25) is 0 Å². The Bertz CT molecular complexity index is 852. The number of nitrogens with one attached hydrogen (secondary N) is 1. The number of hydrogen-bond acceptors (Lipinski definition) is 5. The van der Waals surface area contributed by atoms with E-state index in [2.05, 4.69) is 12.2 Å². The van der Waals surface area contributed by atoms with Crippen molar-refractivity contribution in [3.63, 3.8) is 0 Å². The number of esters is 2. The van der Waals surface area contributed by atoms with E-state index < -0.39 is 17.8 Å². The van der Waals surface area contributed by atoms with Crippen LogP contribution in [-0.2, 0) is 32.0 Å². The van der Waals surface area contributed by atoms with Crippen LogP contribution in [0.15, 0.2) is 30.3 Å². The van der Waals surface area contributed by atoms with Crippen LogP contribution >= 0.6 is 0 Å². The Balaban J connectivity index is 1.89. The van der Waals surface area contributed by atoms with Gasteiger partial charge in [-0.05, 0) is 51.0 Å². The summed E-state index contributed by atoms with van der Waals surface area (Å²) < 4.78 is 11.7. The lowest BCUT2D eigenvalue weighted by Gasteiger charge is -2.10. The zero-order valence-electron chi connectivity index (χ0n) is 16.7. The van der Waals surface area contributed by atoms with Gasteiger partial charge in [-0.15, -0.1) is 0 Å². The summed E-state index contributed by atoms with van der Waals surface area (Å²) in [7, 11) is 0. The molecule has 0 unspecified atom stereocenters. The predicted octanol–water partition coefficient (Wildman–Crippen LogP) is 3.03. The zero-order chi connectivity index (χ0) is 20.7. The molecular weight excluding hydrogens is 360 g/mol. The van der Waals surface area contributed by atoms with Gasteiger partial charge in [0.1, 0.15) is 6.54 Å². The molecule has 1 heterocycles. The Morgan fingerprint density at radius 3 is 2.32 bits per heavy atom. The fourth-order valence-corrected chi connectivity index (χ4v) is 2.80. The van der Waals surface area contributed by atoms with Gasteiger partial charge in [-0.2, -0.15) is 0 Å². The minimum Gasteiger partial charge on any atom is -0.462 e. The maximum Gasteiger partial charge on any atom is 0.339 e. The van der Waals surface area contributed by atoms with E-state index in [1.807, 2.05) is 24.3 Å². The van der Waals surface area contributed by atoms with Crippen molar-refractivity contribution >= 4 is 23.5 Å². The first-order valence-electron chi connectivity index (χ1n) is 9.24. The second-order valence-electron chi connectivity index (χ2n) is 6.35. The number of anilines is 1. The topological polar surface area (TPSA) is 86.6 Å². The molecule has 0 radical (unpaired) electrons. The van der Waals surface area contributed by atoms with Crippen molar-refractivity contribution in [1.82, 2.24) is 4.57 Å². The van der Waals surface area contributed by atoms with Gasteiger partial charge in [0.15, 0.2) is 6.61 Å². The Kier molecular flexibility index (Phi) is 7.37. The number of aryl methyl sites for hydroxylation is 2. The molecule has 0 aliphatic carbocycles. The lowest BCUT2D eigenvalue weighted by atomic mass is 10.1. The molecule has 7 heteroatoms. The van der Waals surface area contributed by atoms with Crippen LogP contribution in [0.1, 0.15) is 41.2 Å². The molecular formula is C21H26N2O5. The third kappa shape index (κ3) is 5.45. The number of benzene rings is 1. The summed E-state index contributed by atoms with van der Waals surface area (Å²) in [5.74, 6) is -1.40. The Hall–Kier alpha value is -3.09. The third-order valence-corrected chi connectivity index (χ3v) is 4.37. The number of aromatic nitrogens is 1. The maximum atomic E-state index is 12.1. The van der Waals surface area contributed by atoms with Crippen LogP contribution in [0, 0.1) is 13.8 Å². The molecule has 28 heavy (non-hydrogen) atoms. The fraction of sp³-hybridized carbons (Fsp3) is 0.381. The Labute approximate surface area is 164 Å². The molecule has 1 N–H and O–H groups in total. The van der Waals surface area contributed by atoms with Gasteiger partial charge in [-0.25, -0.2) is 4.79 Å². The maximum absolute atomic E-state index is 12.1. The third-order valence-electron chi connectivity index (χ3n) is 4.37. The van der Waals surface area contributed by atoms with Crippen LogP contribution in [0.4, 0.5) is 5.69 Å². The van der Waals surface area contributed by atoms with Gasteiger partial charge in [0, 0.05) is 17.1 Å². The molecule has 150 valence electrons. The van der Waals surface area contributed by atoms with Gasteiger partial charge < -0.3 is 19.4 Å². The number of hydrogen-bond donors (Lipinski definition) is 1. The molecule has 7 nitrogen and oxygen atoms in total. The first kappa shape index (κ1) is 21.2. The molecule has 1 aromatic heterocycles. The molecule has 0 aliphatic heterocycles. The van der Waals surface area contributed by atoms with Gasteiger partial charge >= 0.3 is 11.9 Å². The number of nitrogens with zero attached hydrogens (tertiary/aromatic N) is 1. The second-order valence-corrected chi connectivity index (χ2v) is 6.35. The van der Waals surface area contributed by atoms with Crippen molar-refractivity contribution in [1.29, 1.82) is 0 Å². The Morgan fingerprint density at radius 1 is 1.04 bits per heavy atom. The quantitative estimate of drug-likeness (QED) is 0.705. The lowest BCUT2D eigenvalue weighted by Crippen LogP contribution is -2.23. The van der Waals surface area contributed by atoms with Crippen LogP contribution in [0.2, 0.25) is 0 Å². The smallest absolute Gasteiger partial charge is 0.339 e. The summed E-state index contributed by atoms with van der Waals surface area (Å²) in [6, 6.07) is 9.15. The van der Waals surface area contributed by atoms with E-state index >= 15 is 0 Å². The van der Waals surface area contributed by atoms with E-state index in [4.69, 9.17) is 9.47 Å². The number of amides is 1. The summed E-state index contributed by atoms with van der Waals surface area (Å²) >= 11 is 0. The molecule has 0 saturated carbocycles. The van der Waals surface area contributed by atoms with Crippen LogP contribution in [-0.4, -0.2) is 35.6 Å². The molecule has 2 aromatic rings. The first-order chi connectivity index (χ1) is 13.3. The molecule has 1 amide bonds. The van der Waals surface area contributed by atoms with E-state index in [9.17, 15) is 14.4 Å². The van der Waals surface area contributed by atoms with Crippen LogP contribution in [0.5, 0.6) is 0 Å². The average Bonchev–Trinajstić information content (AvgIpc) is 2.95. The molecule has 0 spiro atoms. The van der Waals surface area contributed by atoms with Crippen molar-refractivity contribution in [2.75, 3.05) is 18.5 Å². The lowest BCUT2D eigenvalue weighted by molar-refractivity contribution is -0.147. The van der Waals surface area contributed by atoms with E-state index in [1.54, 1.807) is 31.4 Å². The highest BCUT2D eigenvalue weighted by Crippen LogP contribution is 2.16. The van der Waals surface area contributed by atoms with Gasteiger partial charge in [-0.3, -0.25) is 9.59 Å². The van der Waals surface area contributed by atoms with Crippen LogP contribution in [0.25, 0.3) is 0 Å². The molecule has 0 atom stereocenters. The summed E-state index contributed by atoms with van der Waals surface area (Å²) in [5, 5.41) is 2.68. The molecule has 1 aromatic carbocycles. The van der Waals surface area contributed by atoms with E-state index in [0.717, 1.165) is 12.1 Å². The van der Waals surface area contributed by atoms with Gasteiger partial charge in [-0.1, -0.05) is 19.1 Å². The average molecular weight is 386 g/mol. The van der Waals surface area contributed by atoms with Crippen molar-refractivity contribution in [3.05, 3.63) is 52.8 Å². The zero-order valence-corrected chi connectivity index (χ0v) is 16.7. The molecule has 0 saturated heterocycles. The van der Waals surface area contributed by atoms with Crippen LogP contribution < -0.4 is 5.32 Å². The van der Waals surface area contributed by atoms with Crippen molar-refractivity contribution < 1.29 is 23.9 Å².